The molecule has 1 atom stereocenters. The molecule has 0 fully saturated rings. The molecule has 1 aromatic rings. The van der Waals surface area contributed by atoms with Gasteiger partial charge in [0.25, 0.3) is 15.9 Å². The largest absolute Gasteiger partial charge is 0.390 e. The number of pyridine rings is 1. The van der Waals surface area contributed by atoms with Crippen molar-refractivity contribution in [3.63, 3.8) is 0 Å². The van der Waals surface area contributed by atoms with E-state index in [1.54, 1.807) is 0 Å². The van der Waals surface area contributed by atoms with Gasteiger partial charge >= 0.3 is 0 Å². The van der Waals surface area contributed by atoms with Gasteiger partial charge in [0.2, 0.25) is 0 Å². The van der Waals surface area contributed by atoms with Crippen LogP contribution < -0.4 is 5.32 Å². The van der Waals surface area contributed by atoms with E-state index in [2.05, 4.69) is 10.3 Å². The van der Waals surface area contributed by atoms with Crippen molar-refractivity contribution in [1.29, 1.82) is 0 Å². The molecule has 1 amide bonds. The summed E-state index contributed by atoms with van der Waals surface area (Å²) >= 11 is 0. The highest BCUT2D eigenvalue weighted by Gasteiger charge is 2.42. The van der Waals surface area contributed by atoms with Crippen molar-refractivity contribution in [2.45, 2.75) is 18.1 Å². The Morgan fingerprint density at radius 1 is 1.53 bits per heavy atom. The number of amides is 1. The van der Waals surface area contributed by atoms with Crippen LogP contribution in [0.1, 0.15) is 17.3 Å². The van der Waals surface area contributed by atoms with Crippen LogP contribution >= 0.6 is 0 Å². The van der Waals surface area contributed by atoms with Gasteiger partial charge in [-0.25, -0.2) is 9.29 Å². The average molecular weight is 285 g/mol. The van der Waals surface area contributed by atoms with E-state index in [4.69, 9.17) is 0 Å². The van der Waals surface area contributed by atoms with Gasteiger partial charge < -0.3 is 10.4 Å². The van der Waals surface area contributed by atoms with Crippen LogP contribution in [0.5, 0.6) is 0 Å². The standard InChI is InChI=1S/C11H15N3O4S/c1-2-12-6-8(15)7-14-11(16)9-4-3-5-13-10(9)19(14,17)18/h3-5,8,12,15H,2,6-7H2,1H3. The van der Waals surface area contributed by atoms with Gasteiger partial charge in [0, 0.05) is 12.7 Å². The molecule has 0 bridgehead atoms. The highest BCUT2D eigenvalue weighted by atomic mass is 32.2. The summed E-state index contributed by atoms with van der Waals surface area (Å²) in [5, 5.41) is 12.4. The molecule has 2 rings (SSSR count). The summed E-state index contributed by atoms with van der Waals surface area (Å²) in [6, 6.07) is 2.92. The third-order valence-corrected chi connectivity index (χ3v) is 4.48. The molecule has 1 aliphatic heterocycles. The number of aliphatic hydroxyl groups is 1. The molecule has 2 heterocycles. The normalized spacial score (nSPS) is 18.4. The van der Waals surface area contributed by atoms with Gasteiger partial charge in [-0.05, 0) is 18.7 Å². The minimum atomic E-state index is -3.93. The molecule has 104 valence electrons. The number of aromatic nitrogens is 1. The number of nitrogens with one attached hydrogen (secondary N) is 1. The molecule has 0 spiro atoms. The summed E-state index contributed by atoms with van der Waals surface area (Å²) in [5.41, 5.74) is 0.0538. The highest BCUT2D eigenvalue weighted by molar-refractivity contribution is 7.90. The Morgan fingerprint density at radius 2 is 2.26 bits per heavy atom. The molecule has 1 unspecified atom stereocenters. The van der Waals surface area contributed by atoms with E-state index < -0.39 is 22.0 Å². The van der Waals surface area contributed by atoms with E-state index >= 15 is 0 Å². The van der Waals surface area contributed by atoms with Crippen LogP contribution in [0.25, 0.3) is 0 Å². The first-order valence-corrected chi connectivity index (χ1v) is 7.33. The first-order valence-electron chi connectivity index (χ1n) is 5.89. The maximum absolute atomic E-state index is 12.1. The molecular formula is C11H15N3O4S. The van der Waals surface area contributed by atoms with E-state index in [0.29, 0.717) is 10.8 Å². The molecule has 19 heavy (non-hydrogen) atoms. The van der Waals surface area contributed by atoms with Crippen LogP contribution in [0, 0.1) is 0 Å². The predicted octanol–water partition coefficient (Wildman–Crippen LogP) is -0.803. The van der Waals surface area contributed by atoms with Gasteiger partial charge in [-0.2, -0.15) is 8.42 Å². The van der Waals surface area contributed by atoms with Crippen LogP contribution in [-0.4, -0.2) is 54.5 Å². The Balaban J connectivity index is 2.23. The number of hydrogen-bond acceptors (Lipinski definition) is 6. The smallest absolute Gasteiger partial charge is 0.285 e. The van der Waals surface area contributed by atoms with Crippen molar-refractivity contribution in [2.24, 2.45) is 0 Å². The van der Waals surface area contributed by atoms with E-state index in [1.165, 1.54) is 18.3 Å². The van der Waals surface area contributed by atoms with Gasteiger partial charge in [-0.3, -0.25) is 4.79 Å². The Kier molecular flexibility index (Phi) is 3.83. The van der Waals surface area contributed by atoms with Gasteiger partial charge in [0.05, 0.1) is 18.2 Å². The van der Waals surface area contributed by atoms with E-state index in [0.717, 1.165) is 0 Å². The fourth-order valence-electron chi connectivity index (χ4n) is 1.85. The number of carbonyl (C=O) groups excluding carboxylic acids is 1. The predicted molar refractivity (Wildman–Crippen MR) is 67.0 cm³/mol. The fraction of sp³-hybridized carbons (Fsp3) is 0.455. The Hall–Kier alpha value is -1.51. The molecule has 7 nitrogen and oxygen atoms in total. The number of aliphatic hydroxyl groups excluding tert-OH is 1. The number of sulfonamides is 1. The molecule has 0 aliphatic carbocycles. The van der Waals surface area contributed by atoms with Gasteiger partial charge in [0.15, 0.2) is 5.03 Å². The van der Waals surface area contributed by atoms with Crippen LogP contribution in [0.3, 0.4) is 0 Å². The third kappa shape index (κ3) is 2.46. The first kappa shape index (κ1) is 13.9. The molecule has 0 saturated heterocycles. The lowest BCUT2D eigenvalue weighted by molar-refractivity contribution is 0.0793. The quantitative estimate of drug-likeness (QED) is 0.734. The van der Waals surface area contributed by atoms with E-state index in [9.17, 15) is 18.3 Å². The summed E-state index contributed by atoms with van der Waals surface area (Å²) in [7, 11) is -3.93. The molecule has 0 saturated carbocycles. The van der Waals surface area contributed by atoms with Gasteiger partial charge in [-0.15, -0.1) is 0 Å². The SMILES string of the molecule is CCNCC(O)CN1C(=O)c2cccnc2S1(=O)=O. The number of hydrogen-bond donors (Lipinski definition) is 2. The molecule has 1 aliphatic rings. The zero-order valence-corrected chi connectivity index (χ0v) is 11.2. The minimum Gasteiger partial charge on any atom is -0.390 e. The Labute approximate surface area is 111 Å². The second-order valence-electron chi connectivity index (χ2n) is 4.16. The second-order valence-corrected chi connectivity index (χ2v) is 5.94. The highest BCUT2D eigenvalue weighted by Crippen LogP contribution is 2.27. The number of fused-ring (bicyclic) bond motifs is 1. The molecular weight excluding hydrogens is 270 g/mol. The monoisotopic (exact) mass is 285 g/mol. The lowest BCUT2D eigenvalue weighted by atomic mass is 10.2. The van der Waals surface area contributed by atoms with Crippen molar-refractivity contribution in [1.82, 2.24) is 14.6 Å². The summed E-state index contributed by atoms with van der Waals surface area (Å²) in [4.78, 5) is 15.7. The van der Waals surface area contributed by atoms with Crippen molar-refractivity contribution in [3.8, 4) is 0 Å². The first-order chi connectivity index (χ1) is 8.98. The number of nitrogens with zero attached hydrogens (tertiary/aromatic N) is 2. The Bertz CT molecular complexity index is 587. The third-order valence-electron chi connectivity index (χ3n) is 2.77. The van der Waals surface area contributed by atoms with Crippen LogP contribution in [-0.2, 0) is 10.0 Å². The lowest BCUT2D eigenvalue weighted by Crippen LogP contribution is -2.41. The van der Waals surface area contributed by atoms with Crippen molar-refractivity contribution in [3.05, 3.63) is 23.9 Å². The summed E-state index contributed by atoms with van der Waals surface area (Å²) < 4.78 is 24.9. The van der Waals surface area contributed by atoms with Crippen LogP contribution in [0.2, 0.25) is 0 Å². The van der Waals surface area contributed by atoms with Crippen molar-refractivity contribution >= 4 is 15.9 Å². The summed E-state index contributed by atoms with van der Waals surface area (Å²) in [6.45, 7) is 2.47. The molecule has 2 N–H and O–H groups in total. The van der Waals surface area contributed by atoms with Crippen LogP contribution in [0.15, 0.2) is 23.4 Å². The van der Waals surface area contributed by atoms with Gasteiger partial charge in [0.1, 0.15) is 0 Å². The van der Waals surface area contributed by atoms with E-state index in [1.807, 2.05) is 6.92 Å². The zero-order chi connectivity index (χ0) is 14.0. The fourth-order valence-corrected chi connectivity index (χ4v) is 3.38. The second kappa shape index (κ2) is 5.24. The summed E-state index contributed by atoms with van der Waals surface area (Å²) in [6.07, 6.45) is 0.371. The number of β-amino-alcohol motifs (C(OH)–C–C–N with tert-alkyl or cyclic N) is 1. The average Bonchev–Trinajstić information content (AvgIpc) is 2.58. The van der Waals surface area contributed by atoms with Crippen molar-refractivity contribution < 1.29 is 18.3 Å². The molecule has 0 aromatic carbocycles. The molecule has 8 heteroatoms. The number of rotatable bonds is 5. The topological polar surface area (TPSA) is 99.6 Å². The zero-order valence-electron chi connectivity index (χ0n) is 10.4. The van der Waals surface area contributed by atoms with Crippen molar-refractivity contribution in [2.75, 3.05) is 19.6 Å². The van der Waals surface area contributed by atoms with Gasteiger partial charge in [-0.1, -0.05) is 6.92 Å². The number of likely N-dealkylation sites (N-methyl/N-ethyl adjacent to an activating group) is 1. The summed E-state index contributed by atoms with van der Waals surface area (Å²) in [5.74, 6) is -0.640. The Morgan fingerprint density at radius 3 is 2.89 bits per heavy atom. The lowest BCUT2D eigenvalue weighted by Gasteiger charge is -2.18. The maximum Gasteiger partial charge on any atom is 0.285 e. The molecule has 1 aromatic heterocycles. The number of carbonyl (C=O) groups is 1. The minimum absolute atomic E-state index is 0.0538. The van der Waals surface area contributed by atoms with Crippen LogP contribution in [0.4, 0.5) is 0 Å². The molecule has 0 radical (unpaired) electrons. The maximum atomic E-state index is 12.1. The van der Waals surface area contributed by atoms with E-state index in [-0.39, 0.29) is 23.7 Å².